The van der Waals surface area contributed by atoms with Crippen molar-refractivity contribution in [3.63, 3.8) is 0 Å². The van der Waals surface area contributed by atoms with Crippen molar-refractivity contribution in [2.24, 2.45) is 27.5 Å². The fourth-order valence-electron chi connectivity index (χ4n) is 6.17. The summed E-state index contributed by atoms with van der Waals surface area (Å²) in [5, 5.41) is 3.63. The monoisotopic (exact) mass is 263 g/mol. The second kappa shape index (κ2) is 3.89. The van der Waals surface area contributed by atoms with Crippen LogP contribution in [0, 0.1) is 16.7 Å². The lowest BCUT2D eigenvalue weighted by molar-refractivity contribution is -0.112. The molecular formula is C16H29N3. The van der Waals surface area contributed by atoms with Crippen LogP contribution in [-0.2, 0) is 0 Å². The van der Waals surface area contributed by atoms with E-state index in [9.17, 15) is 0 Å². The smallest absolute Gasteiger partial charge is 0.189 e. The normalized spacial score (nSPS) is 48.9. The van der Waals surface area contributed by atoms with Crippen LogP contribution >= 0.6 is 0 Å². The number of nitrogens with two attached hydrogens (primary N) is 1. The van der Waals surface area contributed by atoms with E-state index in [4.69, 9.17) is 5.73 Å². The third-order valence-electron chi connectivity index (χ3n) is 5.42. The Morgan fingerprint density at radius 3 is 2.16 bits per heavy atom. The number of hydrogen-bond donors (Lipinski definition) is 2. The van der Waals surface area contributed by atoms with Gasteiger partial charge in [-0.15, -0.1) is 0 Å². The minimum Gasteiger partial charge on any atom is -0.370 e. The van der Waals surface area contributed by atoms with Gasteiger partial charge in [0.1, 0.15) is 0 Å². The highest BCUT2D eigenvalue weighted by atomic mass is 15.2. The molecule has 0 heterocycles. The van der Waals surface area contributed by atoms with Gasteiger partial charge in [0, 0.05) is 11.6 Å². The Kier molecular flexibility index (Phi) is 2.72. The van der Waals surface area contributed by atoms with E-state index < -0.39 is 0 Å². The third-order valence-corrected chi connectivity index (χ3v) is 5.42. The van der Waals surface area contributed by atoms with Crippen LogP contribution < -0.4 is 11.1 Å². The van der Waals surface area contributed by atoms with Crippen LogP contribution in [-0.4, -0.2) is 17.5 Å². The Labute approximate surface area is 117 Å². The van der Waals surface area contributed by atoms with Crippen LogP contribution in [0.5, 0.6) is 0 Å². The summed E-state index contributed by atoms with van der Waals surface area (Å²) in [4.78, 5) is 4.48. The zero-order chi connectivity index (χ0) is 13.9. The van der Waals surface area contributed by atoms with E-state index in [1.165, 1.54) is 38.5 Å². The number of rotatable bonds is 2. The predicted molar refractivity (Wildman–Crippen MR) is 80.0 cm³/mol. The van der Waals surface area contributed by atoms with Crippen molar-refractivity contribution in [3.05, 3.63) is 0 Å². The predicted octanol–water partition coefficient (Wildman–Crippen LogP) is 3.05. The average Bonchev–Trinajstić information content (AvgIpc) is 2.06. The molecule has 4 fully saturated rings. The van der Waals surface area contributed by atoms with Crippen molar-refractivity contribution in [1.82, 2.24) is 5.32 Å². The first-order valence-electron chi connectivity index (χ1n) is 7.83. The van der Waals surface area contributed by atoms with Crippen LogP contribution in [0.3, 0.4) is 0 Å². The van der Waals surface area contributed by atoms with Crippen molar-refractivity contribution < 1.29 is 0 Å². The molecule has 0 radical (unpaired) electrons. The highest BCUT2D eigenvalue weighted by molar-refractivity contribution is 5.79. The summed E-state index contributed by atoms with van der Waals surface area (Å²) < 4.78 is 0. The van der Waals surface area contributed by atoms with Gasteiger partial charge in [0.15, 0.2) is 5.96 Å². The first kappa shape index (κ1) is 13.3. The molecule has 0 spiro atoms. The van der Waals surface area contributed by atoms with Gasteiger partial charge in [-0.2, -0.15) is 0 Å². The summed E-state index contributed by atoms with van der Waals surface area (Å²) in [6, 6.07) is 0.271. The van der Waals surface area contributed by atoms with Crippen LogP contribution in [0.4, 0.5) is 0 Å². The number of guanidine groups is 1. The van der Waals surface area contributed by atoms with E-state index in [1.54, 1.807) is 0 Å². The maximum Gasteiger partial charge on any atom is 0.189 e. The summed E-state index contributed by atoms with van der Waals surface area (Å²) in [5.41, 5.74) is 7.40. The quantitative estimate of drug-likeness (QED) is 0.594. The molecular weight excluding hydrogens is 234 g/mol. The molecule has 0 aromatic heterocycles. The lowest BCUT2D eigenvalue weighted by Crippen LogP contribution is -2.66. The minimum absolute atomic E-state index is 0.228. The molecule has 2 unspecified atom stereocenters. The Bertz CT molecular complexity index is 394. The van der Waals surface area contributed by atoms with E-state index in [0.29, 0.717) is 16.8 Å². The molecule has 4 rings (SSSR count). The Morgan fingerprint density at radius 1 is 1.11 bits per heavy atom. The second-order valence-electron chi connectivity index (χ2n) is 8.64. The van der Waals surface area contributed by atoms with Crippen molar-refractivity contribution in [2.75, 3.05) is 0 Å². The van der Waals surface area contributed by atoms with Gasteiger partial charge >= 0.3 is 0 Å². The molecule has 3 nitrogen and oxygen atoms in total. The molecule has 4 saturated carbocycles. The lowest BCUT2D eigenvalue weighted by atomic mass is 9.43. The van der Waals surface area contributed by atoms with Crippen molar-refractivity contribution in [1.29, 1.82) is 0 Å². The van der Waals surface area contributed by atoms with Gasteiger partial charge in [-0.3, -0.25) is 4.99 Å². The summed E-state index contributed by atoms with van der Waals surface area (Å²) in [5.74, 6) is 1.55. The van der Waals surface area contributed by atoms with Crippen LogP contribution in [0.2, 0.25) is 0 Å². The van der Waals surface area contributed by atoms with Gasteiger partial charge in [-0.1, -0.05) is 13.8 Å². The zero-order valence-electron chi connectivity index (χ0n) is 12.9. The van der Waals surface area contributed by atoms with E-state index >= 15 is 0 Å². The van der Waals surface area contributed by atoms with Crippen LogP contribution in [0.25, 0.3) is 0 Å². The molecule has 3 heteroatoms. The second-order valence-corrected chi connectivity index (χ2v) is 8.64. The van der Waals surface area contributed by atoms with E-state index in [-0.39, 0.29) is 11.6 Å². The molecule has 0 aromatic rings. The Hall–Kier alpha value is -0.730. The van der Waals surface area contributed by atoms with Gasteiger partial charge in [0.25, 0.3) is 0 Å². The lowest BCUT2D eigenvalue weighted by Gasteiger charge is -2.65. The Balaban J connectivity index is 1.85. The first-order chi connectivity index (χ1) is 8.72. The molecule has 0 saturated heterocycles. The molecule has 108 valence electrons. The number of nitrogens with one attached hydrogen (secondary N) is 1. The summed E-state index contributed by atoms with van der Waals surface area (Å²) in [6.07, 6.45) is 8.11. The Morgan fingerprint density at radius 2 is 1.68 bits per heavy atom. The molecule has 4 aliphatic carbocycles. The third kappa shape index (κ3) is 2.36. The standard InChI is InChI=1S/C16H29N3/c1-11(2)18-13(17)19-16-7-12-5-14(3,9-16)8-15(4,6-12)10-16/h11-12H,5-10H2,1-4H3,(H3,17,18,19). The van der Waals surface area contributed by atoms with E-state index in [2.05, 4.69) is 38.0 Å². The SMILES string of the molecule is CC(C)N=C(N)NC12CC3CC(C)(CC(C)(C3)C1)C2. The fraction of sp³-hybridized carbons (Fsp3) is 0.938. The van der Waals surface area contributed by atoms with Crippen molar-refractivity contribution in [2.45, 2.75) is 77.8 Å². The number of hydrogen-bond acceptors (Lipinski definition) is 1. The molecule has 0 aliphatic heterocycles. The zero-order valence-corrected chi connectivity index (χ0v) is 12.9. The highest BCUT2D eigenvalue weighted by Gasteiger charge is 2.60. The molecule has 4 aliphatic rings. The average molecular weight is 263 g/mol. The first-order valence-corrected chi connectivity index (χ1v) is 7.83. The fourth-order valence-corrected chi connectivity index (χ4v) is 6.17. The largest absolute Gasteiger partial charge is 0.370 e. The maximum atomic E-state index is 6.12. The van der Waals surface area contributed by atoms with Crippen molar-refractivity contribution in [3.8, 4) is 0 Å². The molecule has 4 bridgehead atoms. The topological polar surface area (TPSA) is 50.4 Å². The van der Waals surface area contributed by atoms with E-state index in [1.807, 2.05) is 0 Å². The minimum atomic E-state index is 0.228. The van der Waals surface area contributed by atoms with Gasteiger partial charge in [-0.05, 0) is 69.1 Å². The molecule has 2 atom stereocenters. The van der Waals surface area contributed by atoms with Gasteiger partial charge in [0.2, 0.25) is 0 Å². The highest BCUT2D eigenvalue weighted by Crippen LogP contribution is 2.66. The maximum absolute atomic E-state index is 6.12. The number of nitrogens with zero attached hydrogens (tertiary/aromatic N) is 1. The molecule has 19 heavy (non-hydrogen) atoms. The molecule has 0 aromatic carbocycles. The van der Waals surface area contributed by atoms with Crippen molar-refractivity contribution >= 4 is 5.96 Å². The van der Waals surface area contributed by atoms with Gasteiger partial charge < -0.3 is 11.1 Å². The van der Waals surface area contributed by atoms with Gasteiger partial charge in [-0.25, -0.2) is 0 Å². The number of aliphatic imine (C=N–C) groups is 1. The van der Waals surface area contributed by atoms with E-state index in [0.717, 1.165) is 5.92 Å². The molecule has 0 amide bonds. The summed E-state index contributed by atoms with van der Waals surface area (Å²) >= 11 is 0. The summed E-state index contributed by atoms with van der Waals surface area (Å²) in [6.45, 7) is 9.14. The van der Waals surface area contributed by atoms with Crippen LogP contribution in [0.1, 0.15) is 66.2 Å². The molecule has 3 N–H and O–H groups in total. The van der Waals surface area contributed by atoms with Crippen LogP contribution in [0.15, 0.2) is 4.99 Å². The summed E-state index contributed by atoms with van der Waals surface area (Å²) in [7, 11) is 0. The van der Waals surface area contributed by atoms with Gasteiger partial charge in [0.05, 0.1) is 0 Å².